The second kappa shape index (κ2) is 4.84. The minimum absolute atomic E-state index is 0.585. The Balaban J connectivity index is 2.25. The van der Waals surface area contributed by atoms with Crippen molar-refractivity contribution in [2.45, 2.75) is 6.42 Å². The summed E-state index contributed by atoms with van der Waals surface area (Å²) in [6.07, 6.45) is 0.758. The first-order valence-electron chi connectivity index (χ1n) is 4.86. The SMILES string of the molecule is N#Cc1ccc(-c2nnc(CCN)s2)cc1. The Kier molecular flexibility index (Phi) is 3.25. The van der Waals surface area contributed by atoms with Gasteiger partial charge in [-0.2, -0.15) is 5.26 Å². The highest BCUT2D eigenvalue weighted by molar-refractivity contribution is 7.14. The van der Waals surface area contributed by atoms with Crippen LogP contribution in [0.15, 0.2) is 24.3 Å². The molecule has 0 saturated heterocycles. The molecule has 1 aromatic carbocycles. The number of hydrogen-bond donors (Lipinski definition) is 1. The van der Waals surface area contributed by atoms with E-state index in [2.05, 4.69) is 16.3 Å². The van der Waals surface area contributed by atoms with Crippen LogP contribution in [-0.2, 0) is 6.42 Å². The number of benzene rings is 1. The molecule has 0 aliphatic carbocycles. The van der Waals surface area contributed by atoms with Crippen molar-refractivity contribution in [3.05, 3.63) is 34.8 Å². The van der Waals surface area contributed by atoms with Gasteiger partial charge in [-0.25, -0.2) is 0 Å². The third-order valence-corrected chi connectivity index (χ3v) is 3.12. The van der Waals surface area contributed by atoms with Crippen molar-refractivity contribution in [2.24, 2.45) is 5.73 Å². The largest absolute Gasteiger partial charge is 0.330 e. The molecule has 1 heterocycles. The maximum absolute atomic E-state index is 8.68. The van der Waals surface area contributed by atoms with E-state index >= 15 is 0 Å². The van der Waals surface area contributed by atoms with Crippen LogP contribution >= 0.6 is 11.3 Å². The zero-order valence-corrected chi connectivity index (χ0v) is 9.37. The van der Waals surface area contributed by atoms with Gasteiger partial charge in [-0.15, -0.1) is 10.2 Å². The Labute approximate surface area is 97.4 Å². The number of nitrogens with two attached hydrogens (primary N) is 1. The van der Waals surface area contributed by atoms with Gasteiger partial charge in [-0.1, -0.05) is 23.5 Å². The normalized spacial score (nSPS) is 10.0. The maximum Gasteiger partial charge on any atom is 0.147 e. The van der Waals surface area contributed by atoms with E-state index in [0.717, 1.165) is 22.0 Å². The van der Waals surface area contributed by atoms with E-state index in [1.54, 1.807) is 12.1 Å². The molecule has 0 spiro atoms. The second-order valence-corrected chi connectivity index (χ2v) is 4.29. The van der Waals surface area contributed by atoms with Crippen molar-refractivity contribution < 1.29 is 0 Å². The Morgan fingerprint density at radius 2 is 2.00 bits per heavy atom. The van der Waals surface area contributed by atoms with Gasteiger partial charge in [0.05, 0.1) is 11.6 Å². The molecule has 4 nitrogen and oxygen atoms in total. The maximum atomic E-state index is 8.68. The molecule has 0 aliphatic rings. The summed E-state index contributed by atoms with van der Waals surface area (Å²) in [5.41, 5.74) is 7.08. The highest BCUT2D eigenvalue weighted by Gasteiger charge is 2.05. The molecule has 80 valence electrons. The van der Waals surface area contributed by atoms with Crippen molar-refractivity contribution in [3.8, 4) is 16.6 Å². The molecular weight excluding hydrogens is 220 g/mol. The van der Waals surface area contributed by atoms with Gasteiger partial charge in [0.1, 0.15) is 10.0 Å². The lowest BCUT2D eigenvalue weighted by Gasteiger charge is -1.94. The molecule has 0 radical (unpaired) electrons. The average molecular weight is 230 g/mol. The van der Waals surface area contributed by atoms with Gasteiger partial charge in [0.25, 0.3) is 0 Å². The molecule has 0 unspecified atom stereocenters. The van der Waals surface area contributed by atoms with E-state index in [9.17, 15) is 0 Å². The fourth-order valence-corrected chi connectivity index (χ4v) is 2.14. The zero-order chi connectivity index (χ0) is 11.4. The lowest BCUT2D eigenvalue weighted by atomic mass is 10.2. The Bertz CT molecular complexity index is 510. The number of nitrogens with zero attached hydrogens (tertiary/aromatic N) is 3. The van der Waals surface area contributed by atoms with Crippen molar-refractivity contribution >= 4 is 11.3 Å². The minimum atomic E-state index is 0.585. The first-order chi connectivity index (χ1) is 7.83. The molecule has 0 bridgehead atoms. The molecule has 1 aromatic heterocycles. The summed E-state index contributed by atoms with van der Waals surface area (Å²) in [4.78, 5) is 0. The van der Waals surface area contributed by atoms with Gasteiger partial charge in [-0.05, 0) is 18.7 Å². The lowest BCUT2D eigenvalue weighted by Crippen LogP contribution is -2.01. The predicted molar refractivity (Wildman–Crippen MR) is 62.8 cm³/mol. The van der Waals surface area contributed by atoms with Gasteiger partial charge >= 0.3 is 0 Å². The van der Waals surface area contributed by atoms with Crippen molar-refractivity contribution in [2.75, 3.05) is 6.54 Å². The number of hydrogen-bond acceptors (Lipinski definition) is 5. The minimum Gasteiger partial charge on any atom is -0.330 e. The molecule has 0 atom stereocenters. The highest BCUT2D eigenvalue weighted by atomic mass is 32.1. The van der Waals surface area contributed by atoms with Crippen LogP contribution in [0.25, 0.3) is 10.6 Å². The van der Waals surface area contributed by atoms with E-state index < -0.39 is 0 Å². The van der Waals surface area contributed by atoms with Gasteiger partial charge in [0, 0.05) is 12.0 Å². The molecule has 2 aromatic rings. The van der Waals surface area contributed by atoms with Crippen LogP contribution in [0.1, 0.15) is 10.6 Å². The predicted octanol–water partition coefficient (Wildman–Crippen LogP) is 1.58. The van der Waals surface area contributed by atoms with Crippen LogP contribution in [0.5, 0.6) is 0 Å². The third-order valence-electron chi connectivity index (χ3n) is 2.09. The lowest BCUT2D eigenvalue weighted by molar-refractivity contribution is 0.913. The van der Waals surface area contributed by atoms with Crippen LogP contribution in [0.3, 0.4) is 0 Å². The summed E-state index contributed by atoms with van der Waals surface area (Å²) in [6.45, 7) is 0.585. The fourth-order valence-electron chi connectivity index (χ4n) is 1.28. The summed E-state index contributed by atoms with van der Waals surface area (Å²) in [7, 11) is 0. The van der Waals surface area contributed by atoms with E-state index in [-0.39, 0.29) is 0 Å². The highest BCUT2D eigenvalue weighted by Crippen LogP contribution is 2.23. The van der Waals surface area contributed by atoms with E-state index in [0.29, 0.717) is 12.1 Å². The quantitative estimate of drug-likeness (QED) is 0.868. The first-order valence-corrected chi connectivity index (χ1v) is 5.68. The second-order valence-electron chi connectivity index (χ2n) is 3.23. The topological polar surface area (TPSA) is 75.6 Å². The monoisotopic (exact) mass is 230 g/mol. The van der Waals surface area contributed by atoms with Crippen molar-refractivity contribution in [1.29, 1.82) is 5.26 Å². The van der Waals surface area contributed by atoms with Crippen molar-refractivity contribution in [1.82, 2.24) is 10.2 Å². The van der Waals surface area contributed by atoms with Gasteiger partial charge in [-0.3, -0.25) is 0 Å². The van der Waals surface area contributed by atoms with Gasteiger partial charge < -0.3 is 5.73 Å². The van der Waals surface area contributed by atoms with E-state index in [1.165, 1.54) is 11.3 Å². The summed E-state index contributed by atoms with van der Waals surface area (Å²) in [5.74, 6) is 0. The molecule has 0 amide bonds. The van der Waals surface area contributed by atoms with Crippen molar-refractivity contribution in [3.63, 3.8) is 0 Å². The van der Waals surface area contributed by atoms with E-state index in [4.69, 9.17) is 11.0 Å². The summed E-state index contributed by atoms with van der Waals surface area (Å²) >= 11 is 1.54. The zero-order valence-electron chi connectivity index (χ0n) is 8.55. The Morgan fingerprint density at radius 3 is 2.62 bits per heavy atom. The molecule has 2 N–H and O–H groups in total. The molecule has 0 saturated carbocycles. The van der Waals surface area contributed by atoms with Crippen LogP contribution in [-0.4, -0.2) is 16.7 Å². The molecular formula is C11H10N4S. The van der Waals surface area contributed by atoms with Gasteiger partial charge in [0.2, 0.25) is 0 Å². The third kappa shape index (κ3) is 2.24. The molecule has 0 fully saturated rings. The Morgan fingerprint density at radius 1 is 1.25 bits per heavy atom. The standard InChI is InChI=1S/C11H10N4S/c12-6-5-10-14-15-11(16-10)9-3-1-8(7-13)2-4-9/h1-4H,5-6,12H2. The number of rotatable bonds is 3. The van der Waals surface area contributed by atoms with E-state index in [1.807, 2.05) is 12.1 Å². The number of aromatic nitrogens is 2. The summed E-state index contributed by atoms with van der Waals surface area (Å²) in [6, 6.07) is 9.40. The average Bonchev–Trinajstić information content (AvgIpc) is 2.78. The summed E-state index contributed by atoms with van der Waals surface area (Å²) < 4.78 is 0. The van der Waals surface area contributed by atoms with Crippen LogP contribution in [0.2, 0.25) is 0 Å². The van der Waals surface area contributed by atoms with Crippen LogP contribution in [0, 0.1) is 11.3 Å². The first kappa shape index (κ1) is 10.7. The molecule has 0 aliphatic heterocycles. The Hall–Kier alpha value is -1.77. The van der Waals surface area contributed by atoms with Crippen LogP contribution < -0.4 is 5.73 Å². The molecule has 16 heavy (non-hydrogen) atoms. The van der Waals surface area contributed by atoms with Crippen LogP contribution in [0.4, 0.5) is 0 Å². The summed E-state index contributed by atoms with van der Waals surface area (Å²) in [5, 5.41) is 18.6. The van der Waals surface area contributed by atoms with Gasteiger partial charge in [0.15, 0.2) is 0 Å². The number of nitriles is 1. The molecule has 2 rings (SSSR count). The molecule has 5 heteroatoms. The smallest absolute Gasteiger partial charge is 0.147 e. The fraction of sp³-hybridized carbons (Fsp3) is 0.182.